The zero-order chi connectivity index (χ0) is 21.2. The van der Waals surface area contributed by atoms with E-state index >= 15 is 0 Å². The van der Waals surface area contributed by atoms with E-state index in [1.165, 1.54) is 6.07 Å². The first-order valence-electron chi connectivity index (χ1n) is 9.22. The van der Waals surface area contributed by atoms with Gasteiger partial charge in [0.25, 0.3) is 0 Å². The number of imidazole rings is 1. The van der Waals surface area contributed by atoms with Gasteiger partial charge in [0.05, 0.1) is 11.8 Å². The molecule has 4 N–H and O–H groups in total. The molecule has 0 amide bonds. The zero-order valence-corrected chi connectivity index (χ0v) is 16.5. The maximum atomic E-state index is 13.0. The first-order valence-corrected chi connectivity index (χ1v) is 9.22. The van der Waals surface area contributed by atoms with E-state index in [1.807, 2.05) is 20.8 Å². The minimum absolute atomic E-state index is 0.227. The van der Waals surface area contributed by atoms with Gasteiger partial charge in [0.1, 0.15) is 5.52 Å². The van der Waals surface area contributed by atoms with Crippen molar-refractivity contribution in [3.63, 3.8) is 0 Å². The van der Waals surface area contributed by atoms with Crippen molar-refractivity contribution in [1.29, 1.82) is 0 Å². The molecule has 0 aliphatic carbocycles. The lowest BCUT2D eigenvalue weighted by Crippen LogP contribution is -2.27. The summed E-state index contributed by atoms with van der Waals surface area (Å²) in [6.45, 7) is 6.95. The summed E-state index contributed by atoms with van der Waals surface area (Å²) in [6, 6.07) is 4.98. The van der Waals surface area contributed by atoms with E-state index in [1.54, 1.807) is 16.8 Å². The first kappa shape index (κ1) is 20.8. The topological polar surface area (TPSA) is 93.7 Å². The molecule has 0 unspecified atom stereocenters. The van der Waals surface area contributed by atoms with Crippen molar-refractivity contribution in [2.75, 3.05) is 17.2 Å². The van der Waals surface area contributed by atoms with E-state index in [-0.39, 0.29) is 11.2 Å². The average molecular weight is 407 g/mol. The summed E-state index contributed by atoms with van der Waals surface area (Å²) in [5.41, 5.74) is 6.09. The Morgan fingerprint density at radius 2 is 1.90 bits per heavy atom. The number of halogens is 3. The standard InChI is InChI=1S/C19H24F3N7/c1-18(2,3)28-16-24-11-14-15(27-16)29(9-5-8-23)17(26-14)25-13-7-4-6-12(10-13)19(20,21)22/h4,6-7,10-11H,5,8-9,23H2,1-3H3,(H,25,26)(H,24,27,28). The van der Waals surface area contributed by atoms with Crippen LogP contribution in [0.15, 0.2) is 30.5 Å². The number of hydrogen-bond donors (Lipinski definition) is 3. The fraction of sp³-hybridized carbons (Fsp3) is 0.421. The highest BCUT2D eigenvalue weighted by Gasteiger charge is 2.30. The summed E-state index contributed by atoms with van der Waals surface area (Å²) in [4.78, 5) is 13.3. The van der Waals surface area contributed by atoms with Gasteiger partial charge in [0.15, 0.2) is 5.65 Å². The third kappa shape index (κ3) is 5.14. The summed E-state index contributed by atoms with van der Waals surface area (Å²) >= 11 is 0. The number of hydrogen-bond acceptors (Lipinski definition) is 6. The lowest BCUT2D eigenvalue weighted by Gasteiger charge is -2.20. The quantitative estimate of drug-likeness (QED) is 0.568. The Balaban J connectivity index is 2.00. The van der Waals surface area contributed by atoms with Crippen molar-refractivity contribution in [2.45, 2.75) is 45.5 Å². The molecule has 2 aromatic heterocycles. The van der Waals surface area contributed by atoms with Gasteiger partial charge in [-0.2, -0.15) is 18.2 Å². The second kappa shape index (κ2) is 7.86. The van der Waals surface area contributed by atoms with Crippen molar-refractivity contribution in [1.82, 2.24) is 19.5 Å². The van der Waals surface area contributed by atoms with E-state index in [0.717, 1.165) is 12.1 Å². The highest BCUT2D eigenvalue weighted by molar-refractivity contribution is 5.76. The van der Waals surface area contributed by atoms with Crippen LogP contribution in [-0.4, -0.2) is 31.6 Å². The molecule has 156 valence electrons. The van der Waals surface area contributed by atoms with E-state index < -0.39 is 11.7 Å². The smallest absolute Gasteiger partial charge is 0.350 e. The molecule has 3 aromatic rings. The highest BCUT2D eigenvalue weighted by Crippen LogP contribution is 2.31. The molecule has 1 aromatic carbocycles. The van der Waals surface area contributed by atoms with E-state index in [2.05, 4.69) is 25.6 Å². The van der Waals surface area contributed by atoms with Crippen LogP contribution in [0.25, 0.3) is 11.2 Å². The van der Waals surface area contributed by atoms with Gasteiger partial charge in [-0.3, -0.25) is 4.57 Å². The summed E-state index contributed by atoms with van der Waals surface area (Å²) in [5, 5.41) is 6.18. The van der Waals surface area contributed by atoms with Gasteiger partial charge in [-0.25, -0.2) is 9.97 Å². The van der Waals surface area contributed by atoms with Gasteiger partial charge in [-0.15, -0.1) is 0 Å². The van der Waals surface area contributed by atoms with Crippen molar-refractivity contribution < 1.29 is 13.2 Å². The Hall–Kier alpha value is -2.88. The molecule has 0 radical (unpaired) electrons. The number of nitrogens with zero attached hydrogens (tertiary/aromatic N) is 4. The minimum atomic E-state index is -4.42. The molecule has 3 rings (SSSR count). The number of alkyl halides is 3. The van der Waals surface area contributed by atoms with Gasteiger partial charge in [0.2, 0.25) is 11.9 Å². The predicted molar refractivity (Wildman–Crippen MR) is 107 cm³/mol. The van der Waals surface area contributed by atoms with E-state index in [4.69, 9.17) is 5.73 Å². The number of nitrogens with two attached hydrogens (primary N) is 1. The number of aromatic nitrogens is 4. The number of fused-ring (bicyclic) bond motifs is 1. The maximum absolute atomic E-state index is 13.0. The molecular formula is C19H24F3N7. The Morgan fingerprint density at radius 3 is 2.55 bits per heavy atom. The average Bonchev–Trinajstić information content (AvgIpc) is 2.94. The van der Waals surface area contributed by atoms with Crippen LogP contribution in [0.5, 0.6) is 0 Å². The second-order valence-electron chi connectivity index (χ2n) is 7.71. The van der Waals surface area contributed by atoms with Crippen LogP contribution in [0.1, 0.15) is 32.8 Å². The highest BCUT2D eigenvalue weighted by atomic mass is 19.4. The van der Waals surface area contributed by atoms with Crippen LogP contribution in [0.3, 0.4) is 0 Å². The molecule has 7 nitrogen and oxygen atoms in total. The number of benzene rings is 1. The van der Waals surface area contributed by atoms with Crippen molar-refractivity contribution in [3.8, 4) is 0 Å². The van der Waals surface area contributed by atoms with Crippen LogP contribution in [0, 0.1) is 0 Å². The molecule has 0 fully saturated rings. The Kier molecular flexibility index (Phi) is 5.65. The molecule has 10 heteroatoms. The van der Waals surface area contributed by atoms with Gasteiger partial charge < -0.3 is 16.4 Å². The fourth-order valence-corrected chi connectivity index (χ4v) is 2.77. The van der Waals surface area contributed by atoms with Crippen LogP contribution >= 0.6 is 0 Å². The second-order valence-corrected chi connectivity index (χ2v) is 7.71. The summed E-state index contributed by atoms with van der Waals surface area (Å²) in [6.07, 6.45) is -2.17. The van der Waals surface area contributed by atoms with E-state index in [0.29, 0.717) is 42.6 Å². The predicted octanol–water partition coefficient (Wildman–Crippen LogP) is 4.15. The normalized spacial score (nSPS) is 12.4. The van der Waals surface area contributed by atoms with Gasteiger partial charge in [-0.05, 0) is 51.9 Å². The number of anilines is 3. The fourth-order valence-electron chi connectivity index (χ4n) is 2.77. The molecule has 0 spiro atoms. The van der Waals surface area contributed by atoms with Crippen LogP contribution < -0.4 is 16.4 Å². The SMILES string of the molecule is CC(C)(C)Nc1ncc2nc(Nc3cccc(C(F)(F)F)c3)n(CCCN)c2n1. The molecule has 2 heterocycles. The lowest BCUT2D eigenvalue weighted by molar-refractivity contribution is -0.137. The summed E-state index contributed by atoms with van der Waals surface area (Å²) < 4.78 is 40.8. The van der Waals surface area contributed by atoms with Crippen molar-refractivity contribution in [2.24, 2.45) is 5.73 Å². The summed E-state index contributed by atoms with van der Waals surface area (Å²) in [7, 11) is 0. The van der Waals surface area contributed by atoms with E-state index in [9.17, 15) is 13.2 Å². The molecule has 0 saturated heterocycles. The molecule has 0 saturated carbocycles. The summed E-state index contributed by atoms with van der Waals surface area (Å²) in [5.74, 6) is 0.833. The first-order chi connectivity index (χ1) is 13.6. The largest absolute Gasteiger partial charge is 0.416 e. The maximum Gasteiger partial charge on any atom is 0.416 e. The van der Waals surface area contributed by atoms with Crippen LogP contribution in [0.4, 0.5) is 30.8 Å². The van der Waals surface area contributed by atoms with Gasteiger partial charge in [0, 0.05) is 17.8 Å². The molecule has 0 bridgehead atoms. The molecule has 0 aliphatic rings. The number of rotatable bonds is 6. The molecular weight excluding hydrogens is 383 g/mol. The minimum Gasteiger partial charge on any atom is -0.350 e. The van der Waals surface area contributed by atoms with Crippen LogP contribution in [0.2, 0.25) is 0 Å². The Morgan fingerprint density at radius 1 is 1.14 bits per heavy atom. The zero-order valence-electron chi connectivity index (χ0n) is 16.5. The van der Waals surface area contributed by atoms with Gasteiger partial charge >= 0.3 is 6.18 Å². The number of nitrogens with one attached hydrogen (secondary N) is 2. The Bertz CT molecular complexity index is 990. The van der Waals surface area contributed by atoms with Crippen molar-refractivity contribution >= 4 is 28.7 Å². The third-order valence-electron chi connectivity index (χ3n) is 4.01. The molecule has 0 aliphatic heterocycles. The Labute approximate surface area is 166 Å². The number of aryl methyl sites for hydroxylation is 1. The molecule has 0 atom stereocenters. The third-order valence-corrected chi connectivity index (χ3v) is 4.01. The monoisotopic (exact) mass is 407 g/mol. The van der Waals surface area contributed by atoms with Crippen LogP contribution in [-0.2, 0) is 12.7 Å². The van der Waals surface area contributed by atoms with Crippen molar-refractivity contribution in [3.05, 3.63) is 36.0 Å². The molecule has 29 heavy (non-hydrogen) atoms. The lowest BCUT2D eigenvalue weighted by atomic mass is 10.1. The van der Waals surface area contributed by atoms with Gasteiger partial charge in [-0.1, -0.05) is 6.07 Å².